The third-order valence-corrected chi connectivity index (χ3v) is 1.97. The van der Waals surface area contributed by atoms with Crippen LogP contribution in [0.3, 0.4) is 0 Å². The van der Waals surface area contributed by atoms with E-state index >= 15 is 0 Å². The molecule has 2 atom stereocenters. The minimum atomic E-state index is -0.0255. The third kappa shape index (κ3) is 4.41. The lowest BCUT2D eigenvalue weighted by atomic mass is 9.94. The topological polar surface area (TPSA) is 38.7 Å². The largest absolute Gasteiger partial charge is 0.396 e. The highest BCUT2D eigenvalue weighted by Crippen LogP contribution is 2.17. The summed E-state index contributed by atoms with van der Waals surface area (Å²) in [6, 6.07) is 0. The summed E-state index contributed by atoms with van der Waals surface area (Å²) < 4.78 is 10.3. The Kier molecular flexibility index (Phi) is 6.86. The van der Waals surface area contributed by atoms with Crippen molar-refractivity contribution in [3.05, 3.63) is 12.7 Å². The van der Waals surface area contributed by atoms with E-state index in [-0.39, 0.29) is 25.4 Å². The first-order valence-corrected chi connectivity index (χ1v) is 4.51. The maximum Gasteiger partial charge on any atom is 0.146 e. The van der Waals surface area contributed by atoms with Gasteiger partial charge < -0.3 is 14.6 Å². The molecule has 0 aromatic rings. The van der Waals surface area contributed by atoms with Gasteiger partial charge in [0.1, 0.15) is 6.79 Å². The van der Waals surface area contributed by atoms with Crippen molar-refractivity contribution in [2.24, 2.45) is 11.8 Å². The lowest BCUT2D eigenvalue weighted by Gasteiger charge is -2.26. The SMILES string of the molecule is C=C[C@H](CO)[C@H](OCOC)C(C)C. The summed E-state index contributed by atoms with van der Waals surface area (Å²) >= 11 is 0. The Balaban J connectivity index is 4.12. The highest BCUT2D eigenvalue weighted by atomic mass is 16.7. The Bertz CT molecular complexity index is 134. The molecule has 0 fully saturated rings. The molecule has 0 saturated heterocycles. The van der Waals surface area contributed by atoms with Crippen molar-refractivity contribution < 1.29 is 14.6 Å². The van der Waals surface area contributed by atoms with E-state index in [0.29, 0.717) is 5.92 Å². The summed E-state index contributed by atoms with van der Waals surface area (Å²) in [6.07, 6.45) is 1.70. The molecule has 0 unspecified atom stereocenters. The summed E-state index contributed by atoms with van der Waals surface area (Å²) in [5, 5.41) is 9.05. The van der Waals surface area contributed by atoms with Gasteiger partial charge in [0.05, 0.1) is 12.7 Å². The van der Waals surface area contributed by atoms with Gasteiger partial charge in [0, 0.05) is 13.0 Å². The Morgan fingerprint density at radius 2 is 2.08 bits per heavy atom. The van der Waals surface area contributed by atoms with Gasteiger partial charge in [0.25, 0.3) is 0 Å². The predicted octanol–water partition coefficient (Wildman–Crippen LogP) is 1.43. The lowest BCUT2D eigenvalue weighted by molar-refractivity contribution is -0.106. The van der Waals surface area contributed by atoms with Gasteiger partial charge in [-0.2, -0.15) is 0 Å². The highest BCUT2D eigenvalue weighted by Gasteiger charge is 2.22. The average molecular weight is 188 g/mol. The number of ether oxygens (including phenoxy) is 2. The molecule has 0 aliphatic carbocycles. The smallest absolute Gasteiger partial charge is 0.146 e. The van der Waals surface area contributed by atoms with Crippen molar-refractivity contribution in [2.45, 2.75) is 20.0 Å². The fourth-order valence-corrected chi connectivity index (χ4v) is 1.27. The zero-order valence-electron chi connectivity index (χ0n) is 8.69. The maximum absolute atomic E-state index is 9.05. The van der Waals surface area contributed by atoms with Gasteiger partial charge in [-0.05, 0) is 5.92 Å². The Hall–Kier alpha value is -0.380. The molecule has 0 amide bonds. The molecule has 0 aromatic heterocycles. The fraction of sp³-hybridized carbons (Fsp3) is 0.800. The molecule has 0 spiro atoms. The van der Waals surface area contributed by atoms with Crippen LogP contribution in [0.15, 0.2) is 12.7 Å². The zero-order chi connectivity index (χ0) is 10.3. The average Bonchev–Trinajstić information content (AvgIpc) is 2.11. The number of aliphatic hydroxyl groups is 1. The second kappa shape index (κ2) is 7.06. The second-order valence-corrected chi connectivity index (χ2v) is 3.36. The summed E-state index contributed by atoms with van der Waals surface area (Å²) in [4.78, 5) is 0. The van der Waals surface area contributed by atoms with Crippen molar-refractivity contribution in [2.75, 3.05) is 20.5 Å². The van der Waals surface area contributed by atoms with Crippen LogP contribution in [-0.4, -0.2) is 31.7 Å². The van der Waals surface area contributed by atoms with E-state index in [1.807, 2.05) is 13.8 Å². The van der Waals surface area contributed by atoms with E-state index in [0.717, 1.165) is 0 Å². The molecular formula is C10H20O3. The van der Waals surface area contributed by atoms with E-state index in [2.05, 4.69) is 6.58 Å². The van der Waals surface area contributed by atoms with Gasteiger partial charge in [-0.25, -0.2) is 0 Å². The van der Waals surface area contributed by atoms with Crippen LogP contribution in [0.25, 0.3) is 0 Å². The molecule has 0 heterocycles. The molecule has 3 heteroatoms. The van der Waals surface area contributed by atoms with Gasteiger partial charge in [0.2, 0.25) is 0 Å². The van der Waals surface area contributed by atoms with Gasteiger partial charge in [-0.1, -0.05) is 19.9 Å². The van der Waals surface area contributed by atoms with Crippen LogP contribution in [0.2, 0.25) is 0 Å². The van der Waals surface area contributed by atoms with Crippen molar-refractivity contribution in [3.63, 3.8) is 0 Å². The van der Waals surface area contributed by atoms with Crippen LogP contribution >= 0.6 is 0 Å². The van der Waals surface area contributed by atoms with E-state index in [4.69, 9.17) is 14.6 Å². The molecule has 0 aliphatic heterocycles. The number of hydrogen-bond acceptors (Lipinski definition) is 3. The van der Waals surface area contributed by atoms with Crippen LogP contribution in [0.1, 0.15) is 13.8 Å². The van der Waals surface area contributed by atoms with Crippen LogP contribution in [0.5, 0.6) is 0 Å². The van der Waals surface area contributed by atoms with Gasteiger partial charge in [-0.15, -0.1) is 6.58 Å². The molecule has 0 rings (SSSR count). The lowest BCUT2D eigenvalue weighted by Crippen LogP contribution is -2.31. The number of methoxy groups -OCH3 is 1. The van der Waals surface area contributed by atoms with Gasteiger partial charge in [0.15, 0.2) is 0 Å². The quantitative estimate of drug-likeness (QED) is 0.485. The van der Waals surface area contributed by atoms with Crippen LogP contribution in [-0.2, 0) is 9.47 Å². The molecule has 0 bridgehead atoms. The number of aliphatic hydroxyl groups excluding tert-OH is 1. The normalized spacial score (nSPS) is 15.8. The summed E-state index contributed by atoms with van der Waals surface area (Å²) in [5.74, 6) is 0.320. The standard InChI is InChI=1S/C10H20O3/c1-5-9(6-11)10(8(2)3)13-7-12-4/h5,8-11H,1,6-7H2,2-4H3/t9-,10-/m1/s1. The Morgan fingerprint density at radius 1 is 1.46 bits per heavy atom. The van der Waals surface area contributed by atoms with E-state index in [1.54, 1.807) is 13.2 Å². The van der Waals surface area contributed by atoms with E-state index < -0.39 is 0 Å². The van der Waals surface area contributed by atoms with Crippen molar-refractivity contribution in [1.82, 2.24) is 0 Å². The van der Waals surface area contributed by atoms with Gasteiger partial charge >= 0.3 is 0 Å². The molecule has 78 valence electrons. The molecule has 0 radical (unpaired) electrons. The van der Waals surface area contributed by atoms with Gasteiger partial charge in [-0.3, -0.25) is 0 Å². The highest BCUT2D eigenvalue weighted by molar-refractivity contribution is 4.86. The van der Waals surface area contributed by atoms with Crippen molar-refractivity contribution in [3.8, 4) is 0 Å². The minimum absolute atomic E-state index is 0.0184. The number of rotatable bonds is 7. The monoisotopic (exact) mass is 188 g/mol. The molecule has 0 aliphatic rings. The second-order valence-electron chi connectivity index (χ2n) is 3.36. The first-order chi connectivity index (χ1) is 6.17. The fourth-order valence-electron chi connectivity index (χ4n) is 1.27. The van der Waals surface area contributed by atoms with E-state index in [1.165, 1.54) is 0 Å². The van der Waals surface area contributed by atoms with Crippen molar-refractivity contribution in [1.29, 1.82) is 0 Å². The first kappa shape index (κ1) is 12.6. The molecular weight excluding hydrogens is 168 g/mol. The zero-order valence-corrected chi connectivity index (χ0v) is 8.69. The maximum atomic E-state index is 9.05. The molecule has 1 N–H and O–H groups in total. The predicted molar refractivity (Wildman–Crippen MR) is 52.4 cm³/mol. The molecule has 0 aromatic carbocycles. The summed E-state index contributed by atoms with van der Waals surface area (Å²) in [5.41, 5.74) is 0. The molecule has 0 saturated carbocycles. The Labute approximate surface area is 80.4 Å². The van der Waals surface area contributed by atoms with Crippen LogP contribution < -0.4 is 0 Å². The summed E-state index contributed by atoms with van der Waals surface area (Å²) in [7, 11) is 1.58. The first-order valence-electron chi connectivity index (χ1n) is 4.51. The number of hydrogen-bond donors (Lipinski definition) is 1. The van der Waals surface area contributed by atoms with Crippen LogP contribution in [0, 0.1) is 11.8 Å². The van der Waals surface area contributed by atoms with E-state index in [9.17, 15) is 0 Å². The van der Waals surface area contributed by atoms with Crippen molar-refractivity contribution >= 4 is 0 Å². The molecule has 3 nitrogen and oxygen atoms in total. The minimum Gasteiger partial charge on any atom is -0.396 e. The van der Waals surface area contributed by atoms with Crippen LogP contribution in [0.4, 0.5) is 0 Å². The molecule has 13 heavy (non-hydrogen) atoms. The third-order valence-electron chi connectivity index (χ3n) is 1.97. The Morgan fingerprint density at radius 3 is 2.38 bits per heavy atom. The summed E-state index contributed by atoms with van der Waals surface area (Å²) in [6.45, 7) is 8.08.